The maximum absolute atomic E-state index is 12.8. The van der Waals surface area contributed by atoms with Crippen LogP contribution in [0, 0.1) is 5.82 Å². The maximum atomic E-state index is 12.8. The minimum Gasteiger partial charge on any atom is -0.301 e. The Kier molecular flexibility index (Phi) is 5.78. The van der Waals surface area contributed by atoms with Crippen LogP contribution in [0.5, 0.6) is 0 Å². The number of carbonyl (C=O) groups is 1. The molecule has 1 N–H and O–H groups in total. The van der Waals surface area contributed by atoms with Crippen molar-refractivity contribution in [2.75, 3.05) is 11.1 Å². The molecular formula is C15H9Cl2FN2OS3. The van der Waals surface area contributed by atoms with Crippen LogP contribution in [0.2, 0.25) is 8.67 Å². The average Bonchev–Trinajstić information content (AvgIpc) is 3.12. The average molecular weight is 419 g/mol. The number of nitrogens with one attached hydrogen (secondary N) is 1. The molecular weight excluding hydrogens is 410 g/mol. The van der Waals surface area contributed by atoms with Crippen molar-refractivity contribution in [3.05, 3.63) is 50.2 Å². The Morgan fingerprint density at radius 3 is 2.71 bits per heavy atom. The van der Waals surface area contributed by atoms with Crippen molar-refractivity contribution >= 4 is 68.7 Å². The van der Waals surface area contributed by atoms with Crippen LogP contribution < -0.4 is 5.32 Å². The van der Waals surface area contributed by atoms with Gasteiger partial charge in [-0.2, -0.15) is 0 Å². The molecule has 9 heteroatoms. The lowest BCUT2D eigenvalue weighted by Gasteiger charge is -2.02. The molecule has 124 valence electrons. The van der Waals surface area contributed by atoms with Crippen molar-refractivity contribution in [1.82, 2.24) is 4.98 Å². The summed E-state index contributed by atoms with van der Waals surface area (Å²) in [6, 6.07) is 7.75. The molecule has 0 saturated heterocycles. The van der Waals surface area contributed by atoms with Crippen LogP contribution in [-0.4, -0.2) is 16.6 Å². The van der Waals surface area contributed by atoms with Crippen LogP contribution in [0.1, 0.15) is 0 Å². The number of carbonyl (C=O) groups excluding carboxylic acids is 1. The topological polar surface area (TPSA) is 42.0 Å². The van der Waals surface area contributed by atoms with Gasteiger partial charge in [0, 0.05) is 15.8 Å². The molecule has 3 nitrogen and oxygen atoms in total. The molecule has 3 rings (SSSR count). The van der Waals surface area contributed by atoms with E-state index in [1.165, 1.54) is 46.6 Å². The molecule has 0 saturated carbocycles. The zero-order valence-electron chi connectivity index (χ0n) is 11.9. The van der Waals surface area contributed by atoms with E-state index in [1.54, 1.807) is 18.2 Å². The first kappa shape index (κ1) is 17.7. The van der Waals surface area contributed by atoms with Crippen LogP contribution in [0.3, 0.4) is 0 Å². The third kappa shape index (κ3) is 4.49. The van der Waals surface area contributed by atoms with Crippen molar-refractivity contribution in [2.45, 2.75) is 4.90 Å². The first-order valence-corrected chi connectivity index (χ1v) is 10.0. The SMILES string of the molecule is O=C(CSc1ccc(F)cc1)Nc1nc(-c2cc(Cl)sc2Cl)cs1. The molecule has 0 aliphatic rings. The fourth-order valence-electron chi connectivity index (χ4n) is 1.80. The summed E-state index contributed by atoms with van der Waals surface area (Å²) in [7, 11) is 0. The molecule has 0 fully saturated rings. The number of thioether (sulfide) groups is 1. The van der Waals surface area contributed by atoms with Gasteiger partial charge in [-0.1, -0.05) is 23.2 Å². The van der Waals surface area contributed by atoms with Gasteiger partial charge in [-0.05, 0) is 30.3 Å². The van der Waals surface area contributed by atoms with Gasteiger partial charge in [0.05, 0.1) is 15.8 Å². The van der Waals surface area contributed by atoms with E-state index in [-0.39, 0.29) is 17.5 Å². The molecule has 1 aromatic carbocycles. The van der Waals surface area contributed by atoms with Crippen molar-refractivity contribution in [3.8, 4) is 11.3 Å². The van der Waals surface area contributed by atoms with Gasteiger partial charge in [0.1, 0.15) is 10.2 Å². The van der Waals surface area contributed by atoms with Gasteiger partial charge in [0.15, 0.2) is 5.13 Å². The summed E-state index contributed by atoms with van der Waals surface area (Å²) in [6.45, 7) is 0. The number of nitrogens with zero attached hydrogens (tertiary/aromatic N) is 1. The van der Waals surface area contributed by atoms with Gasteiger partial charge in [-0.25, -0.2) is 9.37 Å². The first-order valence-electron chi connectivity index (χ1n) is 6.60. The quantitative estimate of drug-likeness (QED) is 0.512. The first-order chi connectivity index (χ1) is 11.5. The highest BCUT2D eigenvalue weighted by molar-refractivity contribution is 8.00. The molecule has 0 bridgehead atoms. The Bertz CT molecular complexity index is 864. The normalized spacial score (nSPS) is 10.8. The van der Waals surface area contributed by atoms with Crippen molar-refractivity contribution in [3.63, 3.8) is 0 Å². The van der Waals surface area contributed by atoms with Gasteiger partial charge in [-0.3, -0.25) is 4.79 Å². The molecule has 3 aromatic rings. The lowest BCUT2D eigenvalue weighted by atomic mass is 10.3. The number of anilines is 1. The van der Waals surface area contributed by atoms with Crippen molar-refractivity contribution in [2.24, 2.45) is 0 Å². The standard InChI is InChI=1S/C15H9Cl2FN2OS3/c16-12-5-10(14(17)24-12)11-6-23-15(19-11)20-13(21)7-22-9-3-1-8(18)2-4-9/h1-6H,7H2,(H,19,20,21). The molecule has 2 aromatic heterocycles. The second kappa shape index (κ2) is 7.84. The molecule has 0 aliphatic heterocycles. The monoisotopic (exact) mass is 418 g/mol. The summed E-state index contributed by atoms with van der Waals surface area (Å²) in [6.07, 6.45) is 0. The van der Waals surface area contributed by atoms with E-state index >= 15 is 0 Å². The van der Waals surface area contributed by atoms with Crippen LogP contribution in [0.25, 0.3) is 11.3 Å². The summed E-state index contributed by atoms with van der Waals surface area (Å²) >= 11 is 15.9. The van der Waals surface area contributed by atoms with Crippen LogP contribution in [-0.2, 0) is 4.79 Å². The highest BCUT2D eigenvalue weighted by Gasteiger charge is 2.13. The number of halogens is 3. The van der Waals surface area contributed by atoms with E-state index in [1.807, 2.05) is 5.38 Å². The van der Waals surface area contributed by atoms with Gasteiger partial charge in [-0.15, -0.1) is 34.4 Å². The van der Waals surface area contributed by atoms with E-state index in [0.717, 1.165) is 10.5 Å². The lowest BCUT2D eigenvalue weighted by molar-refractivity contribution is -0.113. The fourth-order valence-corrected chi connectivity index (χ4v) is 4.71. The third-order valence-electron chi connectivity index (χ3n) is 2.87. The minimum absolute atomic E-state index is 0.181. The molecule has 0 spiro atoms. The largest absolute Gasteiger partial charge is 0.301 e. The number of thiophene rings is 1. The van der Waals surface area contributed by atoms with Gasteiger partial charge < -0.3 is 5.32 Å². The number of rotatable bonds is 5. The van der Waals surface area contributed by atoms with Crippen LogP contribution in [0.4, 0.5) is 9.52 Å². The molecule has 0 aliphatic carbocycles. The molecule has 1 amide bonds. The molecule has 2 heterocycles. The van der Waals surface area contributed by atoms with Gasteiger partial charge >= 0.3 is 0 Å². The summed E-state index contributed by atoms with van der Waals surface area (Å²) in [4.78, 5) is 17.2. The Morgan fingerprint density at radius 2 is 2.04 bits per heavy atom. The summed E-state index contributed by atoms with van der Waals surface area (Å²) < 4.78 is 14.0. The zero-order chi connectivity index (χ0) is 17.1. The Morgan fingerprint density at radius 1 is 1.29 bits per heavy atom. The van der Waals surface area contributed by atoms with Crippen LogP contribution in [0.15, 0.2) is 40.6 Å². The zero-order valence-corrected chi connectivity index (χ0v) is 15.8. The van der Waals surface area contributed by atoms with Crippen molar-refractivity contribution in [1.29, 1.82) is 0 Å². The van der Waals surface area contributed by atoms with Gasteiger partial charge in [0.2, 0.25) is 5.91 Å². The summed E-state index contributed by atoms with van der Waals surface area (Å²) in [5.41, 5.74) is 1.43. The smallest absolute Gasteiger partial charge is 0.236 e. The predicted octanol–water partition coefficient (Wildman–Crippen LogP) is 6.05. The lowest BCUT2D eigenvalue weighted by Crippen LogP contribution is -2.13. The number of amides is 1. The molecule has 24 heavy (non-hydrogen) atoms. The second-order valence-corrected chi connectivity index (χ2v) is 8.76. The molecule has 0 radical (unpaired) electrons. The molecule has 0 unspecified atom stereocenters. The van der Waals surface area contributed by atoms with E-state index < -0.39 is 0 Å². The minimum atomic E-state index is -0.300. The second-order valence-electron chi connectivity index (χ2n) is 4.57. The number of aromatic nitrogens is 1. The van der Waals surface area contributed by atoms with Crippen molar-refractivity contribution < 1.29 is 9.18 Å². The van der Waals surface area contributed by atoms with Gasteiger partial charge in [0.25, 0.3) is 0 Å². The Labute approximate surface area is 159 Å². The maximum Gasteiger partial charge on any atom is 0.236 e. The number of benzene rings is 1. The summed E-state index contributed by atoms with van der Waals surface area (Å²) in [5.74, 6) is -0.267. The predicted molar refractivity (Wildman–Crippen MR) is 101 cm³/mol. The number of thiazole rings is 1. The van der Waals surface area contributed by atoms with E-state index in [9.17, 15) is 9.18 Å². The van der Waals surface area contributed by atoms with E-state index in [2.05, 4.69) is 10.3 Å². The Hall–Kier alpha value is -1.12. The number of hydrogen-bond donors (Lipinski definition) is 1. The van der Waals surface area contributed by atoms with Crippen LogP contribution >= 0.6 is 57.6 Å². The number of hydrogen-bond acceptors (Lipinski definition) is 5. The third-order valence-corrected chi connectivity index (χ3v) is 6.12. The molecule has 0 atom stereocenters. The Balaban J connectivity index is 1.59. The highest BCUT2D eigenvalue weighted by Crippen LogP contribution is 2.39. The van der Waals surface area contributed by atoms with E-state index in [4.69, 9.17) is 23.2 Å². The summed E-state index contributed by atoms with van der Waals surface area (Å²) in [5, 5.41) is 5.05. The highest BCUT2D eigenvalue weighted by atomic mass is 35.5. The fraction of sp³-hybridized carbons (Fsp3) is 0.0667. The van der Waals surface area contributed by atoms with E-state index in [0.29, 0.717) is 19.5 Å².